The van der Waals surface area contributed by atoms with Gasteiger partial charge in [-0.05, 0) is 47.5 Å². The van der Waals surface area contributed by atoms with Gasteiger partial charge in [-0.3, -0.25) is 9.59 Å². The van der Waals surface area contributed by atoms with E-state index in [1.165, 1.54) is 18.4 Å². The van der Waals surface area contributed by atoms with Crippen LogP contribution in [0.15, 0.2) is 60.7 Å². The Labute approximate surface area is 172 Å². The maximum Gasteiger partial charge on any atom is 0.261 e. The number of nitrogens with one attached hydrogen (secondary N) is 2. The van der Waals surface area contributed by atoms with Gasteiger partial charge < -0.3 is 15.4 Å². The summed E-state index contributed by atoms with van der Waals surface area (Å²) in [6.07, 6.45) is 0. The van der Waals surface area contributed by atoms with E-state index < -0.39 is 0 Å². The molecule has 0 atom stereocenters. The predicted octanol–water partition coefficient (Wildman–Crippen LogP) is 4.58. The molecular formula is C21H19ClN2O3S. The van der Waals surface area contributed by atoms with Crippen molar-refractivity contribution in [1.29, 1.82) is 0 Å². The first-order valence-corrected chi connectivity index (χ1v) is 9.76. The maximum atomic E-state index is 12.5. The number of rotatable bonds is 7. The Hall–Kier alpha value is -2.67. The summed E-state index contributed by atoms with van der Waals surface area (Å²) in [6, 6.07) is 18.6. The molecule has 0 bridgehead atoms. The second-order valence-corrected chi connectivity index (χ2v) is 7.56. The summed E-state index contributed by atoms with van der Waals surface area (Å²) < 4.78 is 4.80. The van der Waals surface area contributed by atoms with Crippen molar-refractivity contribution in [2.75, 3.05) is 19.0 Å². The molecule has 144 valence electrons. The lowest BCUT2D eigenvalue weighted by molar-refractivity contribution is -0.119. The molecule has 28 heavy (non-hydrogen) atoms. The molecule has 1 heterocycles. The van der Waals surface area contributed by atoms with E-state index >= 15 is 0 Å². The lowest BCUT2D eigenvalue weighted by Crippen LogP contribution is -2.22. The molecular weight excluding hydrogens is 396 g/mol. The van der Waals surface area contributed by atoms with Gasteiger partial charge >= 0.3 is 0 Å². The molecule has 5 nitrogen and oxygen atoms in total. The fourth-order valence-corrected chi connectivity index (χ4v) is 3.64. The van der Waals surface area contributed by atoms with Crippen molar-refractivity contribution in [2.45, 2.75) is 6.54 Å². The van der Waals surface area contributed by atoms with E-state index in [2.05, 4.69) is 10.6 Å². The second-order valence-electron chi connectivity index (χ2n) is 6.04. The second kappa shape index (κ2) is 9.50. The third-order valence-corrected chi connectivity index (χ3v) is 5.28. The Morgan fingerprint density at radius 3 is 2.61 bits per heavy atom. The van der Waals surface area contributed by atoms with Crippen molar-refractivity contribution in [3.63, 3.8) is 0 Å². The summed E-state index contributed by atoms with van der Waals surface area (Å²) in [5, 5.41) is 6.33. The van der Waals surface area contributed by atoms with E-state index in [1.807, 2.05) is 54.6 Å². The lowest BCUT2D eigenvalue weighted by atomic mass is 10.2. The number of benzene rings is 2. The van der Waals surface area contributed by atoms with E-state index in [1.54, 1.807) is 6.07 Å². The van der Waals surface area contributed by atoms with Gasteiger partial charge in [0.05, 0.1) is 4.88 Å². The van der Waals surface area contributed by atoms with Gasteiger partial charge in [-0.25, -0.2) is 0 Å². The van der Waals surface area contributed by atoms with Crippen LogP contribution in [0.1, 0.15) is 15.2 Å². The largest absolute Gasteiger partial charge is 0.375 e. The van der Waals surface area contributed by atoms with Gasteiger partial charge in [-0.1, -0.05) is 35.9 Å². The van der Waals surface area contributed by atoms with Crippen LogP contribution in [0, 0.1) is 0 Å². The van der Waals surface area contributed by atoms with Gasteiger partial charge in [0.1, 0.15) is 6.61 Å². The van der Waals surface area contributed by atoms with E-state index in [0.29, 0.717) is 22.1 Å². The third kappa shape index (κ3) is 5.42. The number of ether oxygens (including phenoxy) is 1. The van der Waals surface area contributed by atoms with Gasteiger partial charge in [0, 0.05) is 29.2 Å². The maximum absolute atomic E-state index is 12.5. The zero-order valence-corrected chi connectivity index (χ0v) is 16.8. The molecule has 7 heteroatoms. The molecule has 2 N–H and O–H groups in total. The zero-order valence-electron chi connectivity index (χ0n) is 15.2. The number of halogens is 1. The Morgan fingerprint density at radius 2 is 1.86 bits per heavy atom. The highest BCUT2D eigenvalue weighted by Gasteiger charge is 2.10. The van der Waals surface area contributed by atoms with Crippen molar-refractivity contribution < 1.29 is 14.3 Å². The smallest absolute Gasteiger partial charge is 0.261 e. The molecule has 0 unspecified atom stereocenters. The molecule has 3 rings (SSSR count). The monoisotopic (exact) mass is 414 g/mol. The molecule has 0 spiro atoms. The molecule has 2 aromatic carbocycles. The first kappa shape index (κ1) is 20.1. The topological polar surface area (TPSA) is 67.4 Å². The number of methoxy groups -OCH3 is 1. The van der Waals surface area contributed by atoms with Crippen molar-refractivity contribution in [1.82, 2.24) is 5.32 Å². The summed E-state index contributed by atoms with van der Waals surface area (Å²) in [6.45, 7) is 0.357. The molecule has 0 aliphatic heterocycles. The highest BCUT2D eigenvalue weighted by molar-refractivity contribution is 7.17. The van der Waals surface area contributed by atoms with E-state index in [-0.39, 0.29) is 18.4 Å². The van der Waals surface area contributed by atoms with Crippen LogP contribution in [0.5, 0.6) is 0 Å². The van der Waals surface area contributed by atoms with E-state index in [4.69, 9.17) is 16.3 Å². The van der Waals surface area contributed by atoms with Crippen molar-refractivity contribution >= 4 is 40.4 Å². The molecule has 0 aliphatic rings. The molecule has 0 radical (unpaired) electrons. The molecule has 0 saturated carbocycles. The lowest BCUT2D eigenvalue weighted by Gasteiger charge is -2.08. The first-order valence-electron chi connectivity index (χ1n) is 8.57. The van der Waals surface area contributed by atoms with Crippen molar-refractivity contribution in [2.24, 2.45) is 0 Å². The van der Waals surface area contributed by atoms with Crippen LogP contribution in [0.4, 0.5) is 5.69 Å². The minimum atomic E-state index is -0.225. The summed E-state index contributed by atoms with van der Waals surface area (Å²) in [7, 11) is 1.47. The molecule has 2 amide bonds. The fourth-order valence-electron chi connectivity index (χ4n) is 2.59. The Balaban J connectivity index is 1.60. The fraction of sp³-hybridized carbons (Fsp3) is 0.143. The summed E-state index contributed by atoms with van der Waals surface area (Å²) in [5.41, 5.74) is 2.57. The van der Waals surface area contributed by atoms with Crippen LogP contribution in [0.2, 0.25) is 5.02 Å². The van der Waals surface area contributed by atoms with Crippen LogP contribution >= 0.6 is 22.9 Å². The van der Waals surface area contributed by atoms with E-state index in [9.17, 15) is 9.59 Å². The molecule has 1 aromatic heterocycles. The van der Waals surface area contributed by atoms with E-state index in [0.717, 1.165) is 16.0 Å². The van der Waals surface area contributed by atoms with Crippen molar-refractivity contribution in [3.8, 4) is 10.4 Å². The zero-order chi connectivity index (χ0) is 19.9. The quantitative estimate of drug-likeness (QED) is 0.594. The normalized spacial score (nSPS) is 10.5. The van der Waals surface area contributed by atoms with Crippen molar-refractivity contribution in [3.05, 3.63) is 76.1 Å². The first-order chi connectivity index (χ1) is 13.5. The number of anilines is 1. The van der Waals surface area contributed by atoms with Gasteiger partial charge in [0.15, 0.2) is 0 Å². The van der Waals surface area contributed by atoms with Crippen LogP contribution < -0.4 is 10.6 Å². The SMILES string of the molecule is COCC(=O)Nc1cccc(CNC(=O)c2ccc(-c3ccc(Cl)cc3)s2)c1. The third-order valence-electron chi connectivity index (χ3n) is 3.90. The average molecular weight is 415 g/mol. The predicted molar refractivity (Wildman–Crippen MR) is 113 cm³/mol. The van der Waals surface area contributed by atoms with Gasteiger partial charge in [0.2, 0.25) is 5.91 Å². The van der Waals surface area contributed by atoms with Crippen LogP contribution in [-0.4, -0.2) is 25.5 Å². The highest BCUT2D eigenvalue weighted by Crippen LogP contribution is 2.29. The van der Waals surface area contributed by atoms with Gasteiger partial charge in [-0.15, -0.1) is 11.3 Å². The van der Waals surface area contributed by atoms with Crippen LogP contribution in [0.25, 0.3) is 10.4 Å². The average Bonchev–Trinajstić information content (AvgIpc) is 3.17. The summed E-state index contributed by atoms with van der Waals surface area (Å²) in [4.78, 5) is 25.7. The molecule has 0 aliphatic carbocycles. The molecule has 3 aromatic rings. The number of hydrogen-bond donors (Lipinski definition) is 2. The number of carbonyl (C=O) groups is 2. The minimum absolute atomic E-state index is 0.00467. The van der Waals surface area contributed by atoms with Crippen LogP contribution in [0.3, 0.4) is 0 Å². The van der Waals surface area contributed by atoms with Gasteiger partial charge in [0.25, 0.3) is 5.91 Å². The standard InChI is InChI=1S/C21H19ClN2O3S/c1-27-13-20(25)24-17-4-2-3-14(11-17)12-23-21(26)19-10-9-18(28-19)15-5-7-16(22)8-6-15/h2-11H,12-13H2,1H3,(H,23,26)(H,24,25). The van der Waals surface area contributed by atoms with Crippen LogP contribution in [-0.2, 0) is 16.1 Å². The Bertz CT molecular complexity index is 970. The Kier molecular flexibility index (Phi) is 6.81. The highest BCUT2D eigenvalue weighted by atomic mass is 35.5. The number of hydrogen-bond acceptors (Lipinski definition) is 4. The number of thiophene rings is 1. The molecule has 0 fully saturated rings. The minimum Gasteiger partial charge on any atom is -0.375 e. The summed E-state index contributed by atoms with van der Waals surface area (Å²) in [5.74, 6) is -0.365. The Morgan fingerprint density at radius 1 is 1.07 bits per heavy atom. The molecule has 0 saturated heterocycles. The number of amides is 2. The summed E-state index contributed by atoms with van der Waals surface area (Å²) >= 11 is 7.34. The number of carbonyl (C=O) groups excluding carboxylic acids is 2. The van der Waals surface area contributed by atoms with Gasteiger partial charge in [-0.2, -0.15) is 0 Å².